The number of rotatable bonds is 2. The minimum absolute atomic E-state index is 0.0863. The molecule has 3 heteroatoms. The van der Waals surface area contributed by atoms with Crippen LogP contribution in [0, 0.1) is 7.11 Å². The van der Waals surface area contributed by atoms with E-state index in [0.29, 0.717) is 0 Å². The molecule has 0 spiro atoms. The Morgan fingerprint density at radius 3 is 2.44 bits per heavy atom. The highest BCUT2D eigenvalue weighted by molar-refractivity contribution is 4.59. The zero-order valence-electron chi connectivity index (χ0n) is 5.50. The molecule has 1 rings (SSSR count). The van der Waals surface area contributed by atoms with Crippen LogP contribution in [0.3, 0.4) is 0 Å². The Labute approximate surface area is 54.9 Å². The van der Waals surface area contributed by atoms with Crippen LogP contribution < -0.4 is 0 Å². The fourth-order valence-electron chi connectivity index (χ4n) is 0.874. The molecule has 0 radical (unpaired) electrons. The average Bonchev–Trinajstić information content (AvgIpc) is 2.34. The van der Waals surface area contributed by atoms with E-state index in [2.05, 4.69) is 7.11 Å². The topological polar surface area (TPSA) is 27.7 Å². The van der Waals surface area contributed by atoms with Crippen LogP contribution in [0.2, 0.25) is 0 Å². The summed E-state index contributed by atoms with van der Waals surface area (Å²) in [5.74, 6) is 0. The van der Waals surface area contributed by atoms with Gasteiger partial charge in [-0.05, 0) is 0 Å². The summed E-state index contributed by atoms with van der Waals surface area (Å²) in [5, 5.41) is 0. The molecule has 0 N–H and O–H groups in total. The second-order valence-corrected chi connectivity index (χ2v) is 1.97. The molecule has 52 valence electrons. The highest BCUT2D eigenvalue weighted by atomic mass is 16.8. The highest BCUT2D eigenvalue weighted by Gasteiger charge is 2.26. The summed E-state index contributed by atoms with van der Waals surface area (Å²) in [6.07, 6.45) is 1.53. The van der Waals surface area contributed by atoms with E-state index in [1.807, 2.05) is 0 Å². The van der Waals surface area contributed by atoms with Gasteiger partial charge in [-0.2, -0.15) is 4.74 Å². The molecule has 1 aliphatic rings. The number of hydrogen-bond donors (Lipinski definition) is 0. The maximum Gasteiger partial charge on any atom is 0.217 e. The van der Waals surface area contributed by atoms with E-state index in [-0.39, 0.29) is 12.6 Å². The Morgan fingerprint density at radius 1 is 1.44 bits per heavy atom. The van der Waals surface area contributed by atoms with Gasteiger partial charge in [-0.25, -0.2) is 0 Å². The summed E-state index contributed by atoms with van der Waals surface area (Å²) in [7, 11) is 4.88. The van der Waals surface area contributed by atoms with Gasteiger partial charge in [0.05, 0.1) is 0 Å². The Morgan fingerprint density at radius 2 is 2.11 bits per heavy atom. The van der Waals surface area contributed by atoms with Gasteiger partial charge in [-0.3, -0.25) is 0 Å². The minimum atomic E-state index is -0.157. The van der Waals surface area contributed by atoms with Crippen LogP contribution in [0.15, 0.2) is 0 Å². The molecule has 0 bridgehead atoms. The Hall–Kier alpha value is -0.250. The van der Waals surface area contributed by atoms with E-state index in [9.17, 15) is 0 Å². The van der Waals surface area contributed by atoms with E-state index in [0.717, 1.165) is 12.8 Å². The predicted molar refractivity (Wildman–Crippen MR) is 31.3 cm³/mol. The van der Waals surface area contributed by atoms with E-state index in [1.165, 1.54) is 0 Å². The summed E-state index contributed by atoms with van der Waals surface area (Å²) >= 11 is 0. The smallest absolute Gasteiger partial charge is 0.217 e. The van der Waals surface area contributed by atoms with Gasteiger partial charge in [0.15, 0.2) is 6.29 Å². The molecule has 1 saturated heterocycles. The Kier molecular flexibility index (Phi) is 2.33. The van der Waals surface area contributed by atoms with Gasteiger partial charge in [0, 0.05) is 20.0 Å². The van der Waals surface area contributed by atoms with Gasteiger partial charge in [0.2, 0.25) is 13.4 Å². The van der Waals surface area contributed by atoms with Crippen molar-refractivity contribution in [3.63, 3.8) is 0 Å². The van der Waals surface area contributed by atoms with Crippen molar-refractivity contribution in [1.82, 2.24) is 0 Å². The van der Waals surface area contributed by atoms with E-state index >= 15 is 0 Å². The SMILES string of the molecule is [CH2+]OC1CCC(OC)O1. The summed E-state index contributed by atoms with van der Waals surface area (Å²) in [4.78, 5) is 0. The van der Waals surface area contributed by atoms with Gasteiger partial charge in [0.1, 0.15) is 0 Å². The molecule has 2 unspecified atom stereocenters. The summed E-state index contributed by atoms with van der Waals surface area (Å²) < 4.78 is 14.8. The zero-order valence-corrected chi connectivity index (χ0v) is 5.50. The van der Waals surface area contributed by atoms with Gasteiger partial charge in [0.25, 0.3) is 0 Å². The van der Waals surface area contributed by atoms with Crippen molar-refractivity contribution in [1.29, 1.82) is 0 Å². The first-order chi connectivity index (χ1) is 4.36. The molecule has 0 aliphatic carbocycles. The molecule has 0 aromatic carbocycles. The molecule has 0 aromatic heterocycles. The lowest BCUT2D eigenvalue weighted by atomic mass is 10.3. The molecule has 9 heavy (non-hydrogen) atoms. The van der Waals surface area contributed by atoms with E-state index < -0.39 is 0 Å². The Bertz CT molecular complexity index is 74.4. The molecule has 2 atom stereocenters. The lowest BCUT2D eigenvalue weighted by molar-refractivity contribution is -0.178. The molecular formula is C6H11O3+. The van der Waals surface area contributed by atoms with Crippen molar-refractivity contribution in [3.05, 3.63) is 7.11 Å². The van der Waals surface area contributed by atoms with Crippen molar-refractivity contribution >= 4 is 0 Å². The number of methoxy groups -OCH3 is 1. The summed E-state index contributed by atoms with van der Waals surface area (Å²) in [6.45, 7) is 0. The molecule has 1 heterocycles. The fraction of sp³-hybridized carbons (Fsp3) is 0.833. The first-order valence-electron chi connectivity index (χ1n) is 2.96. The van der Waals surface area contributed by atoms with Crippen LogP contribution in [0.1, 0.15) is 12.8 Å². The zero-order chi connectivity index (χ0) is 6.69. The van der Waals surface area contributed by atoms with E-state index in [1.54, 1.807) is 7.11 Å². The lowest BCUT2D eigenvalue weighted by Gasteiger charge is -2.06. The second-order valence-electron chi connectivity index (χ2n) is 1.97. The van der Waals surface area contributed by atoms with Crippen LogP contribution in [-0.4, -0.2) is 19.7 Å². The van der Waals surface area contributed by atoms with E-state index in [4.69, 9.17) is 14.2 Å². The van der Waals surface area contributed by atoms with Gasteiger partial charge < -0.3 is 9.47 Å². The highest BCUT2D eigenvalue weighted by Crippen LogP contribution is 2.19. The van der Waals surface area contributed by atoms with Gasteiger partial charge in [-0.1, -0.05) is 0 Å². The second kappa shape index (κ2) is 3.06. The first kappa shape index (κ1) is 6.86. The largest absolute Gasteiger partial charge is 0.356 e. The van der Waals surface area contributed by atoms with Crippen molar-refractivity contribution in [3.8, 4) is 0 Å². The fourth-order valence-corrected chi connectivity index (χ4v) is 0.874. The minimum Gasteiger partial charge on any atom is -0.356 e. The Balaban J connectivity index is 2.20. The van der Waals surface area contributed by atoms with Crippen LogP contribution in [0.25, 0.3) is 0 Å². The molecular weight excluding hydrogens is 120 g/mol. The molecule has 1 aliphatic heterocycles. The third-order valence-electron chi connectivity index (χ3n) is 1.39. The normalized spacial score (nSPS) is 35.2. The number of ether oxygens (including phenoxy) is 3. The van der Waals surface area contributed by atoms with Crippen molar-refractivity contribution in [2.75, 3.05) is 7.11 Å². The van der Waals surface area contributed by atoms with Crippen LogP contribution >= 0.6 is 0 Å². The van der Waals surface area contributed by atoms with Crippen LogP contribution in [0.4, 0.5) is 0 Å². The predicted octanol–water partition coefficient (Wildman–Crippen LogP) is 0.904. The van der Waals surface area contributed by atoms with Crippen molar-refractivity contribution in [2.24, 2.45) is 0 Å². The third kappa shape index (κ3) is 1.58. The molecule has 1 fully saturated rings. The third-order valence-corrected chi connectivity index (χ3v) is 1.39. The van der Waals surface area contributed by atoms with Gasteiger partial charge >= 0.3 is 0 Å². The first-order valence-corrected chi connectivity index (χ1v) is 2.96. The lowest BCUT2D eigenvalue weighted by Crippen LogP contribution is -2.12. The standard InChI is InChI=1S/C6H11O3/c1-7-5-3-4-6(8-2)9-5/h5-6H,1,3-4H2,2H3/q+1. The monoisotopic (exact) mass is 131 g/mol. The quantitative estimate of drug-likeness (QED) is 0.521. The van der Waals surface area contributed by atoms with Crippen molar-refractivity contribution < 1.29 is 14.2 Å². The molecule has 0 saturated carbocycles. The maximum atomic E-state index is 5.15. The van der Waals surface area contributed by atoms with Gasteiger partial charge in [-0.15, -0.1) is 0 Å². The van der Waals surface area contributed by atoms with Crippen LogP contribution in [-0.2, 0) is 14.2 Å². The molecule has 0 aromatic rings. The van der Waals surface area contributed by atoms with Crippen LogP contribution in [0.5, 0.6) is 0 Å². The summed E-state index contributed by atoms with van der Waals surface area (Å²) in [6, 6.07) is 0. The maximum absolute atomic E-state index is 5.15. The number of hydrogen-bond acceptors (Lipinski definition) is 3. The average molecular weight is 131 g/mol. The molecule has 0 amide bonds. The molecule has 3 nitrogen and oxygen atoms in total. The van der Waals surface area contributed by atoms with Crippen molar-refractivity contribution in [2.45, 2.75) is 25.4 Å². The summed E-state index contributed by atoms with van der Waals surface area (Å²) in [5.41, 5.74) is 0.